The number of aromatic nitrogens is 4. The van der Waals surface area contributed by atoms with Gasteiger partial charge in [-0.25, -0.2) is 4.98 Å². The van der Waals surface area contributed by atoms with Crippen LogP contribution in [0.5, 0.6) is 5.75 Å². The van der Waals surface area contributed by atoms with Crippen LogP contribution in [0.3, 0.4) is 0 Å². The third-order valence-electron chi connectivity index (χ3n) is 4.74. The molecule has 0 radical (unpaired) electrons. The number of anilines is 2. The third-order valence-corrected chi connectivity index (χ3v) is 4.74. The summed E-state index contributed by atoms with van der Waals surface area (Å²) in [6.45, 7) is 13.1. The Kier molecular flexibility index (Phi) is 6.01. The van der Waals surface area contributed by atoms with Gasteiger partial charge in [-0.2, -0.15) is 10.1 Å². The molecule has 0 saturated heterocycles. The molecule has 0 aliphatic heterocycles. The first-order valence-electron chi connectivity index (χ1n) is 10.2. The van der Waals surface area contributed by atoms with Gasteiger partial charge in [0.25, 0.3) is 0 Å². The molecular weight excluding hydrogens is 376 g/mol. The van der Waals surface area contributed by atoms with Gasteiger partial charge in [-0.15, -0.1) is 0 Å². The zero-order chi connectivity index (χ0) is 22.1. The largest absolute Gasteiger partial charge is 0.491 e. The highest BCUT2D eigenvalue weighted by atomic mass is 16.5. The van der Waals surface area contributed by atoms with Crippen LogP contribution in [0.4, 0.5) is 11.8 Å². The number of nitrogens with one attached hydrogen (secondary N) is 1. The van der Waals surface area contributed by atoms with Gasteiger partial charge >= 0.3 is 0 Å². The molecule has 0 fully saturated rings. The number of nitrogens with two attached hydrogens (primary N) is 1. The van der Waals surface area contributed by atoms with E-state index < -0.39 is 0 Å². The maximum absolute atomic E-state index is 5.99. The molecule has 1 aromatic carbocycles. The van der Waals surface area contributed by atoms with E-state index in [9.17, 15) is 0 Å². The Hall–Kier alpha value is -3.09. The Morgan fingerprint density at radius 2 is 1.73 bits per heavy atom. The predicted octanol–water partition coefficient (Wildman–Crippen LogP) is 4.25. The van der Waals surface area contributed by atoms with Crippen molar-refractivity contribution >= 4 is 11.8 Å². The van der Waals surface area contributed by atoms with E-state index in [1.54, 1.807) is 0 Å². The van der Waals surface area contributed by atoms with E-state index >= 15 is 0 Å². The number of aryl methyl sites for hydroxylation is 3. The van der Waals surface area contributed by atoms with Crippen LogP contribution in [-0.4, -0.2) is 32.4 Å². The van der Waals surface area contributed by atoms with Crippen molar-refractivity contribution in [2.45, 2.75) is 53.0 Å². The molecule has 0 aliphatic carbocycles. The lowest BCUT2D eigenvalue weighted by Crippen LogP contribution is -2.24. The number of hydrogen-bond acceptors (Lipinski definition) is 6. The van der Waals surface area contributed by atoms with Crippen molar-refractivity contribution in [1.82, 2.24) is 19.7 Å². The highest BCUT2D eigenvalue weighted by Gasteiger charge is 2.20. The first kappa shape index (κ1) is 21.6. The normalized spacial score (nSPS) is 12.6. The lowest BCUT2D eigenvalue weighted by atomic mass is 9.92. The smallest absolute Gasteiger partial charge is 0.222 e. The van der Waals surface area contributed by atoms with Crippen LogP contribution in [0.15, 0.2) is 30.3 Å². The Morgan fingerprint density at radius 1 is 1.07 bits per heavy atom. The van der Waals surface area contributed by atoms with Crippen LogP contribution in [0.1, 0.15) is 44.5 Å². The van der Waals surface area contributed by atoms with Crippen LogP contribution < -0.4 is 15.8 Å². The van der Waals surface area contributed by atoms with Crippen molar-refractivity contribution in [2.75, 3.05) is 17.7 Å². The summed E-state index contributed by atoms with van der Waals surface area (Å²) in [5.74, 6) is 1.75. The molecule has 1 atom stereocenters. The quantitative estimate of drug-likeness (QED) is 0.633. The fraction of sp³-hybridized carbons (Fsp3) is 0.435. The minimum absolute atomic E-state index is 0.0321. The van der Waals surface area contributed by atoms with Crippen molar-refractivity contribution in [2.24, 2.45) is 7.05 Å². The summed E-state index contributed by atoms with van der Waals surface area (Å²) in [6, 6.07) is 10.2. The van der Waals surface area contributed by atoms with Gasteiger partial charge in [-0.05, 0) is 50.1 Å². The summed E-state index contributed by atoms with van der Waals surface area (Å²) in [4.78, 5) is 8.75. The summed E-state index contributed by atoms with van der Waals surface area (Å²) < 4.78 is 7.79. The highest BCUT2D eigenvalue weighted by Crippen LogP contribution is 2.27. The van der Waals surface area contributed by atoms with E-state index in [-0.39, 0.29) is 17.4 Å². The fourth-order valence-corrected chi connectivity index (χ4v) is 3.28. The van der Waals surface area contributed by atoms with Gasteiger partial charge in [0.05, 0.1) is 23.1 Å². The highest BCUT2D eigenvalue weighted by molar-refractivity contribution is 5.61. The Bertz CT molecular complexity index is 1010. The molecule has 2 heterocycles. The SMILES string of the molecule is Cc1cc(C)cc(OC[C@H](C)Nc2cc(-c3cc(C(C)(C)C)nn3C)nc(N)n2)c1. The molecule has 7 heteroatoms. The van der Waals surface area contributed by atoms with Crippen LogP contribution in [0, 0.1) is 13.8 Å². The van der Waals surface area contributed by atoms with Crippen molar-refractivity contribution < 1.29 is 4.74 Å². The summed E-state index contributed by atoms with van der Waals surface area (Å²) in [7, 11) is 1.91. The molecule has 160 valence electrons. The zero-order valence-electron chi connectivity index (χ0n) is 18.9. The summed E-state index contributed by atoms with van der Waals surface area (Å²) in [5.41, 5.74) is 10.9. The lowest BCUT2D eigenvalue weighted by molar-refractivity contribution is 0.303. The van der Waals surface area contributed by atoms with Gasteiger partial charge < -0.3 is 15.8 Å². The Balaban J connectivity index is 1.74. The number of rotatable bonds is 6. The molecule has 30 heavy (non-hydrogen) atoms. The number of nitrogen functional groups attached to an aromatic ring is 1. The van der Waals surface area contributed by atoms with E-state index in [2.05, 4.69) is 67.1 Å². The maximum Gasteiger partial charge on any atom is 0.222 e. The second kappa shape index (κ2) is 8.34. The molecule has 3 N–H and O–H groups in total. The molecule has 2 aromatic heterocycles. The lowest BCUT2D eigenvalue weighted by Gasteiger charge is -2.17. The van der Waals surface area contributed by atoms with E-state index in [0.717, 1.165) is 22.8 Å². The molecule has 7 nitrogen and oxygen atoms in total. The second-order valence-electron chi connectivity index (χ2n) is 8.96. The molecule has 0 aliphatic rings. The Morgan fingerprint density at radius 3 is 2.33 bits per heavy atom. The molecule has 0 unspecified atom stereocenters. The van der Waals surface area contributed by atoms with Crippen molar-refractivity contribution in [3.05, 3.63) is 47.2 Å². The standard InChI is InChI=1S/C23H32N6O/c1-14-8-15(2)10-17(9-14)30-13-16(3)25-21-11-18(26-22(24)27-21)19-12-20(23(4,5)6)28-29(19)7/h8-12,16H,13H2,1-7H3,(H3,24,25,26,27)/t16-/m0/s1. The maximum atomic E-state index is 5.99. The van der Waals surface area contributed by atoms with Crippen LogP contribution in [0.25, 0.3) is 11.4 Å². The number of benzene rings is 1. The van der Waals surface area contributed by atoms with Crippen molar-refractivity contribution in [3.63, 3.8) is 0 Å². The van der Waals surface area contributed by atoms with Crippen LogP contribution >= 0.6 is 0 Å². The average Bonchev–Trinajstić information content (AvgIpc) is 3.01. The molecule has 0 spiro atoms. The zero-order valence-corrected chi connectivity index (χ0v) is 18.9. The molecule has 0 amide bonds. The first-order valence-corrected chi connectivity index (χ1v) is 10.2. The van der Waals surface area contributed by atoms with Crippen LogP contribution in [0.2, 0.25) is 0 Å². The van der Waals surface area contributed by atoms with E-state index in [1.807, 2.05) is 36.9 Å². The minimum atomic E-state index is -0.0460. The van der Waals surface area contributed by atoms with Gasteiger partial charge in [0.15, 0.2) is 0 Å². The van der Waals surface area contributed by atoms with Gasteiger partial charge in [-0.3, -0.25) is 4.68 Å². The van der Waals surface area contributed by atoms with Gasteiger partial charge in [-0.1, -0.05) is 26.8 Å². The third kappa shape index (κ3) is 5.28. The topological polar surface area (TPSA) is 90.9 Å². The molecular formula is C23H32N6O. The summed E-state index contributed by atoms with van der Waals surface area (Å²) in [5, 5.41) is 7.99. The molecule has 3 aromatic rings. The monoisotopic (exact) mass is 408 g/mol. The number of nitrogens with zero attached hydrogens (tertiary/aromatic N) is 4. The van der Waals surface area contributed by atoms with Crippen molar-refractivity contribution in [1.29, 1.82) is 0 Å². The van der Waals surface area contributed by atoms with Gasteiger partial charge in [0, 0.05) is 18.5 Å². The summed E-state index contributed by atoms with van der Waals surface area (Å²) >= 11 is 0. The number of hydrogen-bond donors (Lipinski definition) is 2. The molecule has 3 rings (SSSR count). The average molecular weight is 409 g/mol. The fourth-order valence-electron chi connectivity index (χ4n) is 3.28. The Labute approximate surface area is 178 Å². The second-order valence-corrected chi connectivity index (χ2v) is 8.96. The van der Waals surface area contributed by atoms with Gasteiger partial charge in [0.1, 0.15) is 18.2 Å². The first-order chi connectivity index (χ1) is 14.0. The predicted molar refractivity (Wildman–Crippen MR) is 122 cm³/mol. The molecule has 0 bridgehead atoms. The van der Waals surface area contributed by atoms with Gasteiger partial charge in [0.2, 0.25) is 5.95 Å². The van der Waals surface area contributed by atoms with E-state index in [0.29, 0.717) is 12.4 Å². The van der Waals surface area contributed by atoms with E-state index in [4.69, 9.17) is 10.5 Å². The van der Waals surface area contributed by atoms with Crippen LogP contribution in [-0.2, 0) is 12.5 Å². The number of ether oxygens (including phenoxy) is 1. The minimum Gasteiger partial charge on any atom is -0.491 e. The van der Waals surface area contributed by atoms with Crippen molar-refractivity contribution in [3.8, 4) is 17.1 Å². The summed E-state index contributed by atoms with van der Waals surface area (Å²) in [6.07, 6.45) is 0. The van der Waals surface area contributed by atoms with E-state index in [1.165, 1.54) is 11.1 Å². The molecule has 0 saturated carbocycles.